The molecule has 1 aliphatic carbocycles. The van der Waals surface area contributed by atoms with Crippen LogP contribution in [-0.2, 0) is 0 Å². The zero-order valence-corrected chi connectivity index (χ0v) is 13.8. The van der Waals surface area contributed by atoms with Crippen molar-refractivity contribution in [1.82, 2.24) is 4.90 Å². The van der Waals surface area contributed by atoms with Crippen LogP contribution in [0.25, 0.3) is 0 Å². The van der Waals surface area contributed by atoms with Gasteiger partial charge >= 0.3 is 0 Å². The zero-order chi connectivity index (χ0) is 15.4. The summed E-state index contributed by atoms with van der Waals surface area (Å²) in [5, 5.41) is 0. The molecule has 0 bridgehead atoms. The highest BCUT2D eigenvalue weighted by Gasteiger charge is 2.38. The zero-order valence-electron chi connectivity index (χ0n) is 13.8. The lowest BCUT2D eigenvalue weighted by Crippen LogP contribution is -2.61. The van der Waals surface area contributed by atoms with Gasteiger partial charge in [-0.15, -0.1) is 0 Å². The summed E-state index contributed by atoms with van der Waals surface area (Å²) in [6.07, 6.45) is 6.60. The molecule has 2 fully saturated rings. The molecule has 4 heteroatoms. The molecule has 2 aliphatic rings. The minimum absolute atomic E-state index is 0.269. The third-order valence-electron chi connectivity index (χ3n) is 5.54. The standard InChI is InChI=1S/C18H29N3O/c1-22-17-8-4-3-7-16(17)20-11-13-21(14-12-20)18(15-19)9-5-2-6-10-18/h3-4,7-8H,2,5-6,9-15,19H2,1H3. The van der Waals surface area contributed by atoms with Gasteiger partial charge in [0.25, 0.3) is 0 Å². The third-order valence-corrected chi connectivity index (χ3v) is 5.54. The molecule has 0 radical (unpaired) electrons. The van der Waals surface area contributed by atoms with Gasteiger partial charge in [0.1, 0.15) is 5.75 Å². The van der Waals surface area contributed by atoms with Crippen LogP contribution in [0.1, 0.15) is 32.1 Å². The molecule has 22 heavy (non-hydrogen) atoms. The van der Waals surface area contributed by atoms with Crippen molar-refractivity contribution in [3.05, 3.63) is 24.3 Å². The maximum Gasteiger partial charge on any atom is 0.142 e. The van der Waals surface area contributed by atoms with Crippen LogP contribution in [0, 0.1) is 0 Å². The lowest BCUT2D eigenvalue weighted by atomic mass is 9.80. The third kappa shape index (κ3) is 2.95. The molecule has 1 aliphatic heterocycles. The van der Waals surface area contributed by atoms with E-state index in [1.807, 2.05) is 12.1 Å². The molecule has 0 spiro atoms. The largest absolute Gasteiger partial charge is 0.495 e. The Balaban J connectivity index is 1.67. The van der Waals surface area contributed by atoms with Gasteiger partial charge in [-0.25, -0.2) is 0 Å². The fourth-order valence-corrected chi connectivity index (χ4v) is 4.17. The molecular formula is C18H29N3O. The van der Waals surface area contributed by atoms with E-state index in [4.69, 9.17) is 10.5 Å². The van der Waals surface area contributed by atoms with Crippen LogP contribution in [0.2, 0.25) is 0 Å². The monoisotopic (exact) mass is 303 g/mol. The first-order valence-electron chi connectivity index (χ1n) is 8.62. The van der Waals surface area contributed by atoms with Crippen LogP contribution in [-0.4, -0.2) is 50.3 Å². The van der Waals surface area contributed by atoms with E-state index in [2.05, 4.69) is 21.9 Å². The van der Waals surface area contributed by atoms with Gasteiger partial charge in [-0.05, 0) is 25.0 Å². The molecule has 1 aromatic rings. The van der Waals surface area contributed by atoms with E-state index in [1.165, 1.54) is 37.8 Å². The first kappa shape index (κ1) is 15.6. The van der Waals surface area contributed by atoms with Gasteiger partial charge in [-0.1, -0.05) is 31.4 Å². The van der Waals surface area contributed by atoms with Crippen molar-refractivity contribution in [2.24, 2.45) is 5.73 Å². The predicted molar refractivity (Wildman–Crippen MR) is 91.7 cm³/mol. The number of anilines is 1. The van der Waals surface area contributed by atoms with Gasteiger partial charge in [0.2, 0.25) is 0 Å². The Labute approximate surface area is 134 Å². The second-order valence-electron chi connectivity index (χ2n) is 6.64. The van der Waals surface area contributed by atoms with Crippen molar-refractivity contribution >= 4 is 5.69 Å². The molecule has 3 rings (SSSR count). The molecule has 0 aromatic heterocycles. The van der Waals surface area contributed by atoms with Crippen molar-refractivity contribution < 1.29 is 4.74 Å². The summed E-state index contributed by atoms with van der Waals surface area (Å²) >= 11 is 0. The van der Waals surface area contributed by atoms with E-state index >= 15 is 0 Å². The molecule has 1 aromatic carbocycles. The Morgan fingerprint density at radius 3 is 2.36 bits per heavy atom. The summed E-state index contributed by atoms with van der Waals surface area (Å²) in [5.74, 6) is 0.974. The normalized spacial score (nSPS) is 22.5. The molecule has 1 saturated carbocycles. The highest BCUT2D eigenvalue weighted by atomic mass is 16.5. The Hall–Kier alpha value is -1.26. The lowest BCUT2D eigenvalue weighted by Gasteiger charge is -2.49. The van der Waals surface area contributed by atoms with E-state index in [-0.39, 0.29) is 5.54 Å². The molecule has 2 N–H and O–H groups in total. The van der Waals surface area contributed by atoms with Crippen molar-refractivity contribution in [2.45, 2.75) is 37.6 Å². The van der Waals surface area contributed by atoms with E-state index in [9.17, 15) is 0 Å². The number of hydrogen-bond acceptors (Lipinski definition) is 4. The Morgan fingerprint density at radius 2 is 1.73 bits per heavy atom. The Kier molecular flexibility index (Phi) is 4.89. The number of para-hydroxylation sites is 2. The number of nitrogens with two attached hydrogens (primary N) is 1. The van der Waals surface area contributed by atoms with Gasteiger partial charge in [-0.2, -0.15) is 0 Å². The SMILES string of the molecule is COc1ccccc1N1CCN(C2(CN)CCCCC2)CC1. The van der Waals surface area contributed by atoms with Crippen LogP contribution in [0.5, 0.6) is 5.75 Å². The topological polar surface area (TPSA) is 41.7 Å². The molecule has 122 valence electrons. The molecular weight excluding hydrogens is 274 g/mol. The number of rotatable bonds is 4. The average molecular weight is 303 g/mol. The van der Waals surface area contributed by atoms with Gasteiger partial charge in [0.15, 0.2) is 0 Å². The molecule has 1 heterocycles. The second kappa shape index (κ2) is 6.88. The van der Waals surface area contributed by atoms with Crippen LogP contribution < -0.4 is 15.4 Å². The van der Waals surface area contributed by atoms with Gasteiger partial charge in [0.05, 0.1) is 12.8 Å². The minimum Gasteiger partial charge on any atom is -0.495 e. The maximum atomic E-state index is 6.19. The van der Waals surface area contributed by atoms with Crippen LogP contribution in [0.3, 0.4) is 0 Å². The summed E-state index contributed by atoms with van der Waals surface area (Å²) < 4.78 is 5.51. The summed E-state index contributed by atoms with van der Waals surface area (Å²) in [4.78, 5) is 5.11. The second-order valence-corrected chi connectivity index (χ2v) is 6.64. The number of hydrogen-bond donors (Lipinski definition) is 1. The lowest BCUT2D eigenvalue weighted by molar-refractivity contribution is 0.0518. The first-order chi connectivity index (χ1) is 10.8. The van der Waals surface area contributed by atoms with E-state index in [0.29, 0.717) is 0 Å². The van der Waals surface area contributed by atoms with Gasteiger partial charge in [-0.3, -0.25) is 4.90 Å². The molecule has 0 amide bonds. The summed E-state index contributed by atoms with van der Waals surface area (Å²) in [6, 6.07) is 8.33. The highest BCUT2D eigenvalue weighted by Crippen LogP contribution is 2.35. The fourth-order valence-electron chi connectivity index (χ4n) is 4.17. The van der Waals surface area contributed by atoms with Crippen molar-refractivity contribution in [3.8, 4) is 5.75 Å². The molecule has 0 unspecified atom stereocenters. The number of nitrogens with zero attached hydrogens (tertiary/aromatic N) is 2. The highest BCUT2D eigenvalue weighted by molar-refractivity contribution is 5.58. The predicted octanol–water partition coefficient (Wildman–Crippen LogP) is 2.48. The number of methoxy groups -OCH3 is 1. The smallest absolute Gasteiger partial charge is 0.142 e. The van der Waals surface area contributed by atoms with Crippen LogP contribution >= 0.6 is 0 Å². The van der Waals surface area contributed by atoms with Crippen molar-refractivity contribution in [3.63, 3.8) is 0 Å². The number of ether oxygens (including phenoxy) is 1. The van der Waals surface area contributed by atoms with Crippen LogP contribution in [0.15, 0.2) is 24.3 Å². The fraction of sp³-hybridized carbons (Fsp3) is 0.667. The average Bonchev–Trinajstić information content (AvgIpc) is 2.62. The molecule has 1 saturated heterocycles. The van der Waals surface area contributed by atoms with Crippen LogP contribution in [0.4, 0.5) is 5.69 Å². The van der Waals surface area contributed by atoms with E-state index < -0.39 is 0 Å². The molecule has 0 atom stereocenters. The van der Waals surface area contributed by atoms with E-state index in [0.717, 1.165) is 38.5 Å². The summed E-state index contributed by atoms with van der Waals surface area (Å²) in [6.45, 7) is 5.14. The van der Waals surface area contributed by atoms with E-state index in [1.54, 1.807) is 7.11 Å². The quantitative estimate of drug-likeness (QED) is 0.928. The number of piperazine rings is 1. The first-order valence-corrected chi connectivity index (χ1v) is 8.62. The minimum atomic E-state index is 0.269. The van der Waals surface area contributed by atoms with Gasteiger partial charge < -0.3 is 15.4 Å². The maximum absolute atomic E-state index is 6.19. The van der Waals surface area contributed by atoms with Crippen molar-refractivity contribution in [2.75, 3.05) is 44.7 Å². The number of benzene rings is 1. The summed E-state index contributed by atoms with van der Waals surface area (Å²) in [7, 11) is 1.75. The van der Waals surface area contributed by atoms with Crippen molar-refractivity contribution in [1.29, 1.82) is 0 Å². The Bertz CT molecular complexity index is 477. The Morgan fingerprint density at radius 1 is 1.05 bits per heavy atom. The summed E-state index contributed by atoms with van der Waals surface area (Å²) in [5.41, 5.74) is 7.67. The molecule has 4 nitrogen and oxygen atoms in total. The van der Waals surface area contributed by atoms with Gasteiger partial charge in [0, 0.05) is 38.3 Å².